The lowest BCUT2D eigenvalue weighted by Gasteiger charge is -2.29. The molecule has 0 bridgehead atoms. The number of phenols is 3. The Kier molecular flexibility index (Phi) is 6.35. The van der Waals surface area contributed by atoms with Crippen LogP contribution in [0.5, 0.6) is 28.7 Å². The second kappa shape index (κ2) is 9.26. The first-order valence-electron chi connectivity index (χ1n) is 11.5. The van der Waals surface area contributed by atoms with Gasteiger partial charge < -0.3 is 25.0 Å². The molecule has 0 aliphatic heterocycles. The van der Waals surface area contributed by atoms with Crippen molar-refractivity contribution in [2.75, 3.05) is 4.90 Å². The average molecular weight is 470 g/mol. The van der Waals surface area contributed by atoms with Gasteiger partial charge >= 0.3 is 0 Å². The van der Waals surface area contributed by atoms with Crippen LogP contribution in [0.3, 0.4) is 0 Å². The molecule has 0 spiro atoms. The number of ether oxygens (including phenoxy) is 1. The Morgan fingerprint density at radius 2 is 1.09 bits per heavy atom. The van der Waals surface area contributed by atoms with Crippen molar-refractivity contribution < 1.29 is 20.1 Å². The lowest BCUT2D eigenvalue weighted by atomic mass is 10.0. The van der Waals surface area contributed by atoms with E-state index >= 15 is 0 Å². The average Bonchev–Trinajstić information content (AvgIpc) is 2.83. The predicted molar refractivity (Wildman–Crippen MR) is 141 cm³/mol. The fourth-order valence-corrected chi connectivity index (χ4v) is 4.22. The van der Waals surface area contributed by atoms with Crippen LogP contribution in [0.1, 0.15) is 33.4 Å². The van der Waals surface area contributed by atoms with Crippen LogP contribution in [0.4, 0.5) is 17.1 Å². The van der Waals surface area contributed by atoms with Crippen LogP contribution in [-0.4, -0.2) is 15.3 Å². The van der Waals surface area contributed by atoms with E-state index in [-0.39, 0.29) is 17.2 Å². The number of rotatable bonds is 5. The van der Waals surface area contributed by atoms with E-state index in [1.165, 1.54) is 0 Å². The molecule has 0 heterocycles. The zero-order valence-electron chi connectivity index (χ0n) is 21.0. The molecule has 0 saturated carbocycles. The van der Waals surface area contributed by atoms with Crippen molar-refractivity contribution in [1.29, 1.82) is 0 Å². The molecule has 4 rings (SSSR count). The Morgan fingerprint density at radius 3 is 1.60 bits per heavy atom. The molecule has 180 valence electrons. The highest BCUT2D eigenvalue weighted by molar-refractivity contribution is 5.82. The third-order valence-electron chi connectivity index (χ3n) is 6.51. The summed E-state index contributed by atoms with van der Waals surface area (Å²) in [6.45, 7) is 11.3. The molecule has 0 fully saturated rings. The number of phenolic OH excluding ortho intramolecular Hbond substituents is 3. The summed E-state index contributed by atoms with van der Waals surface area (Å²) in [5.74, 6) is 2.09. The maximum absolute atomic E-state index is 10.7. The molecule has 5 heteroatoms. The first-order valence-corrected chi connectivity index (χ1v) is 11.5. The Labute approximate surface area is 206 Å². The molecule has 0 radical (unpaired) electrons. The molecular weight excluding hydrogens is 438 g/mol. The summed E-state index contributed by atoms with van der Waals surface area (Å²) >= 11 is 0. The number of nitrogens with zero attached hydrogens (tertiary/aromatic N) is 1. The van der Waals surface area contributed by atoms with Crippen LogP contribution in [0.25, 0.3) is 0 Å². The van der Waals surface area contributed by atoms with E-state index in [1.807, 2.05) is 101 Å². The van der Waals surface area contributed by atoms with Crippen LogP contribution in [0.2, 0.25) is 0 Å². The summed E-state index contributed by atoms with van der Waals surface area (Å²) in [6, 6.07) is 18.9. The van der Waals surface area contributed by atoms with E-state index < -0.39 is 0 Å². The lowest BCUT2D eigenvalue weighted by Crippen LogP contribution is -2.13. The van der Waals surface area contributed by atoms with Crippen molar-refractivity contribution >= 4 is 17.1 Å². The number of hydrogen-bond donors (Lipinski definition) is 3. The minimum atomic E-state index is 0.245. The first-order chi connectivity index (χ1) is 16.6. The van der Waals surface area contributed by atoms with Gasteiger partial charge in [-0.1, -0.05) is 12.1 Å². The summed E-state index contributed by atoms with van der Waals surface area (Å²) in [5, 5.41) is 31.2. The topological polar surface area (TPSA) is 73.2 Å². The van der Waals surface area contributed by atoms with Gasteiger partial charge in [-0.15, -0.1) is 0 Å². The Hall–Kier alpha value is -4.12. The van der Waals surface area contributed by atoms with Crippen LogP contribution in [0, 0.1) is 41.5 Å². The molecule has 4 aromatic carbocycles. The van der Waals surface area contributed by atoms with Gasteiger partial charge in [0.1, 0.15) is 28.7 Å². The van der Waals surface area contributed by atoms with Crippen LogP contribution >= 0.6 is 0 Å². The zero-order chi connectivity index (χ0) is 25.4. The van der Waals surface area contributed by atoms with E-state index in [4.69, 9.17) is 4.74 Å². The molecule has 0 amide bonds. The van der Waals surface area contributed by atoms with Crippen molar-refractivity contribution in [3.05, 3.63) is 94.0 Å². The van der Waals surface area contributed by atoms with Gasteiger partial charge in [0.05, 0.1) is 11.4 Å². The Balaban J connectivity index is 1.80. The third kappa shape index (κ3) is 4.50. The fourth-order valence-electron chi connectivity index (χ4n) is 4.22. The molecular formula is C30H31NO4. The molecule has 0 saturated heterocycles. The minimum Gasteiger partial charge on any atom is -0.508 e. The molecule has 4 aromatic rings. The van der Waals surface area contributed by atoms with E-state index in [1.54, 1.807) is 6.07 Å². The van der Waals surface area contributed by atoms with E-state index in [2.05, 4.69) is 0 Å². The molecule has 0 unspecified atom stereocenters. The number of hydrogen-bond acceptors (Lipinski definition) is 5. The van der Waals surface area contributed by atoms with Gasteiger partial charge in [-0.05, 0) is 112 Å². The maximum atomic E-state index is 10.7. The highest BCUT2D eigenvalue weighted by Gasteiger charge is 2.21. The summed E-state index contributed by atoms with van der Waals surface area (Å²) in [5.41, 5.74) is 7.19. The largest absolute Gasteiger partial charge is 0.508 e. The van der Waals surface area contributed by atoms with Gasteiger partial charge in [0.15, 0.2) is 0 Å². The van der Waals surface area contributed by atoms with Gasteiger partial charge in [0.25, 0.3) is 0 Å². The smallest absolute Gasteiger partial charge is 0.130 e. The van der Waals surface area contributed by atoms with Gasteiger partial charge in [-0.3, -0.25) is 0 Å². The molecule has 0 aromatic heterocycles. The highest BCUT2D eigenvalue weighted by atomic mass is 16.5. The quantitative estimate of drug-likeness (QED) is 0.277. The fraction of sp³-hybridized carbons (Fsp3) is 0.200. The van der Waals surface area contributed by atoms with Crippen molar-refractivity contribution in [2.24, 2.45) is 0 Å². The minimum absolute atomic E-state index is 0.245. The maximum Gasteiger partial charge on any atom is 0.130 e. The normalized spacial score (nSPS) is 10.9. The molecule has 3 N–H and O–H groups in total. The van der Waals surface area contributed by atoms with Gasteiger partial charge in [0.2, 0.25) is 0 Å². The monoisotopic (exact) mass is 469 g/mol. The number of aromatic hydroxyl groups is 3. The highest BCUT2D eigenvalue weighted by Crippen LogP contribution is 2.44. The van der Waals surface area contributed by atoms with Crippen LogP contribution < -0.4 is 9.64 Å². The Bertz CT molecular complexity index is 1350. The zero-order valence-corrected chi connectivity index (χ0v) is 21.0. The van der Waals surface area contributed by atoms with E-state index in [9.17, 15) is 15.3 Å². The molecule has 0 atom stereocenters. The number of benzene rings is 4. The molecule has 35 heavy (non-hydrogen) atoms. The number of aryl methyl sites for hydroxylation is 4. The molecule has 5 nitrogen and oxygen atoms in total. The summed E-state index contributed by atoms with van der Waals surface area (Å²) < 4.78 is 6.10. The Morgan fingerprint density at radius 1 is 0.571 bits per heavy atom. The van der Waals surface area contributed by atoms with E-state index in [0.29, 0.717) is 11.5 Å². The lowest BCUT2D eigenvalue weighted by molar-refractivity contribution is 0.458. The predicted octanol–water partition coefficient (Wildman–Crippen LogP) is 7.92. The third-order valence-corrected chi connectivity index (χ3v) is 6.51. The standard InChI is InChI=1S/C30H31NO4/c1-17-7-13-25(21(5)29(17)33)31(26-14-8-18(2)30(34)22(26)6)23-9-11-24(12-10-23)35-28-16-19(3)27(32)15-20(28)4/h7-16,32-34H,1-6H3. The second-order valence-corrected chi connectivity index (χ2v) is 9.09. The van der Waals surface area contributed by atoms with Crippen molar-refractivity contribution in [3.63, 3.8) is 0 Å². The summed E-state index contributed by atoms with van der Waals surface area (Å²) in [6.07, 6.45) is 0. The van der Waals surface area contributed by atoms with Crippen molar-refractivity contribution in [2.45, 2.75) is 41.5 Å². The summed E-state index contributed by atoms with van der Waals surface area (Å²) in [4.78, 5) is 2.03. The molecule has 0 aliphatic carbocycles. The van der Waals surface area contributed by atoms with Crippen LogP contribution in [0.15, 0.2) is 60.7 Å². The van der Waals surface area contributed by atoms with Crippen LogP contribution in [-0.2, 0) is 0 Å². The van der Waals surface area contributed by atoms with E-state index in [0.717, 1.165) is 50.4 Å². The second-order valence-electron chi connectivity index (χ2n) is 9.09. The SMILES string of the molecule is Cc1cc(Oc2ccc(N(c3ccc(C)c(O)c3C)c3ccc(C)c(O)c3C)cc2)c(C)cc1O. The summed E-state index contributed by atoms with van der Waals surface area (Å²) in [7, 11) is 0. The van der Waals surface area contributed by atoms with Crippen molar-refractivity contribution in [1.82, 2.24) is 0 Å². The van der Waals surface area contributed by atoms with Crippen molar-refractivity contribution in [3.8, 4) is 28.7 Å². The molecule has 0 aliphatic rings. The van der Waals surface area contributed by atoms with Gasteiger partial charge in [-0.2, -0.15) is 0 Å². The number of anilines is 3. The van der Waals surface area contributed by atoms with Gasteiger partial charge in [0, 0.05) is 16.8 Å². The first kappa shape index (κ1) is 24.0. The van der Waals surface area contributed by atoms with Gasteiger partial charge in [-0.25, -0.2) is 0 Å².